The number of aromatic nitrogens is 1. The number of benzene rings is 1. The van der Waals surface area contributed by atoms with Crippen LogP contribution in [0.1, 0.15) is 30.5 Å². The Morgan fingerprint density at radius 3 is 2.50 bits per heavy atom. The van der Waals surface area contributed by atoms with E-state index in [1.165, 1.54) is 12.1 Å². The monoisotopic (exact) mass is 308 g/mol. The highest BCUT2D eigenvalue weighted by atomic mass is 19.4. The minimum Gasteiger partial charge on any atom is -0.406 e. The molecule has 22 heavy (non-hydrogen) atoms. The Bertz CT molecular complexity index is 681. The Balaban J connectivity index is 2.01. The van der Waals surface area contributed by atoms with E-state index in [-0.39, 0.29) is 5.75 Å². The molecule has 0 saturated heterocycles. The second-order valence-corrected chi connectivity index (χ2v) is 5.45. The second-order valence-electron chi connectivity index (χ2n) is 5.45. The van der Waals surface area contributed by atoms with Crippen LogP contribution in [-0.2, 0) is 5.41 Å². The van der Waals surface area contributed by atoms with Crippen molar-refractivity contribution in [3.8, 4) is 5.75 Å². The normalized spacial score (nSPS) is 16.9. The fraction of sp³-hybridized carbons (Fsp3) is 0.312. The Morgan fingerprint density at radius 2 is 1.91 bits per heavy atom. The Labute approximate surface area is 125 Å². The average molecular weight is 308 g/mol. The molecule has 6 heteroatoms. The molecule has 1 aromatic heterocycles. The molecule has 0 spiro atoms. The molecule has 1 aliphatic carbocycles. The maximum Gasteiger partial charge on any atom is 0.573 e. The predicted molar refractivity (Wildman–Crippen MR) is 76.4 cm³/mol. The molecule has 0 radical (unpaired) electrons. The van der Waals surface area contributed by atoms with Crippen molar-refractivity contribution in [3.63, 3.8) is 0 Å². The van der Waals surface area contributed by atoms with Crippen molar-refractivity contribution in [1.82, 2.24) is 4.98 Å². The number of halogens is 3. The van der Waals surface area contributed by atoms with Crippen LogP contribution in [0.3, 0.4) is 0 Å². The molecule has 0 amide bonds. The van der Waals surface area contributed by atoms with Crippen molar-refractivity contribution in [2.24, 2.45) is 0 Å². The molecular weight excluding hydrogens is 293 g/mol. The highest BCUT2D eigenvalue weighted by Gasteiger charge is 2.43. The summed E-state index contributed by atoms with van der Waals surface area (Å²) in [7, 11) is 0. The molecule has 0 bridgehead atoms. The number of pyridine rings is 1. The van der Waals surface area contributed by atoms with E-state index in [2.05, 4.69) is 9.72 Å². The van der Waals surface area contributed by atoms with Gasteiger partial charge in [0.15, 0.2) is 0 Å². The highest BCUT2D eigenvalue weighted by molar-refractivity contribution is 5.53. The van der Waals surface area contributed by atoms with Crippen LogP contribution < -0.4 is 10.5 Å². The van der Waals surface area contributed by atoms with E-state index in [4.69, 9.17) is 5.73 Å². The van der Waals surface area contributed by atoms with E-state index in [0.29, 0.717) is 5.69 Å². The zero-order valence-electron chi connectivity index (χ0n) is 11.7. The van der Waals surface area contributed by atoms with Crippen molar-refractivity contribution in [2.75, 3.05) is 5.73 Å². The molecule has 1 heterocycles. The summed E-state index contributed by atoms with van der Waals surface area (Å²) < 4.78 is 41.2. The predicted octanol–water partition coefficient (Wildman–Crippen LogP) is 4.03. The van der Waals surface area contributed by atoms with Crippen LogP contribution in [0.4, 0.5) is 18.9 Å². The van der Waals surface area contributed by atoms with Gasteiger partial charge in [-0.25, -0.2) is 0 Å². The van der Waals surface area contributed by atoms with Gasteiger partial charge >= 0.3 is 6.36 Å². The van der Waals surface area contributed by atoms with Crippen LogP contribution >= 0.6 is 0 Å². The van der Waals surface area contributed by atoms with E-state index in [1.54, 1.807) is 30.5 Å². The number of nitrogen functional groups attached to an aromatic ring is 1. The van der Waals surface area contributed by atoms with Gasteiger partial charge in [0, 0.05) is 11.6 Å². The first-order valence-electron chi connectivity index (χ1n) is 6.98. The molecule has 2 aromatic rings. The number of ether oxygens (including phenoxy) is 1. The second kappa shape index (κ2) is 5.19. The van der Waals surface area contributed by atoms with E-state index < -0.39 is 11.8 Å². The first-order chi connectivity index (χ1) is 10.4. The lowest BCUT2D eigenvalue weighted by Crippen LogP contribution is -2.37. The van der Waals surface area contributed by atoms with Crippen molar-refractivity contribution < 1.29 is 17.9 Å². The van der Waals surface area contributed by atoms with Gasteiger partial charge in [0.25, 0.3) is 0 Å². The largest absolute Gasteiger partial charge is 0.573 e. The SMILES string of the molecule is Nc1cccnc1C1(c2cccc(OC(F)(F)F)c2)CCC1. The summed E-state index contributed by atoms with van der Waals surface area (Å²) in [6, 6.07) is 9.60. The lowest BCUT2D eigenvalue weighted by atomic mass is 9.62. The Hall–Kier alpha value is -2.24. The van der Waals surface area contributed by atoms with Crippen LogP contribution in [0.25, 0.3) is 0 Å². The van der Waals surface area contributed by atoms with Gasteiger partial charge in [-0.2, -0.15) is 0 Å². The fourth-order valence-electron chi connectivity index (χ4n) is 3.00. The Kier molecular flexibility index (Phi) is 3.47. The van der Waals surface area contributed by atoms with E-state index >= 15 is 0 Å². The minimum atomic E-state index is -4.70. The number of nitrogens with two attached hydrogens (primary N) is 1. The zero-order valence-corrected chi connectivity index (χ0v) is 11.7. The number of hydrogen-bond donors (Lipinski definition) is 1. The summed E-state index contributed by atoms with van der Waals surface area (Å²) >= 11 is 0. The van der Waals surface area contributed by atoms with Gasteiger partial charge in [0.1, 0.15) is 5.75 Å². The quantitative estimate of drug-likeness (QED) is 0.931. The number of alkyl halides is 3. The van der Waals surface area contributed by atoms with Gasteiger partial charge < -0.3 is 10.5 Å². The summed E-state index contributed by atoms with van der Waals surface area (Å²) in [6.07, 6.45) is -0.439. The molecule has 1 saturated carbocycles. The summed E-state index contributed by atoms with van der Waals surface area (Å²) in [5.41, 5.74) is 7.64. The van der Waals surface area contributed by atoms with Crippen LogP contribution in [0.15, 0.2) is 42.6 Å². The summed E-state index contributed by atoms with van der Waals surface area (Å²) in [4.78, 5) is 4.37. The third-order valence-corrected chi connectivity index (χ3v) is 4.12. The lowest BCUT2D eigenvalue weighted by Gasteiger charge is -2.42. The van der Waals surface area contributed by atoms with Crippen LogP contribution in [0.2, 0.25) is 0 Å². The summed E-state index contributed by atoms with van der Waals surface area (Å²) in [5.74, 6) is -0.217. The van der Waals surface area contributed by atoms with Gasteiger partial charge in [0.05, 0.1) is 11.4 Å². The summed E-state index contributed by atoms with van der Waals surface area (Å²) in [6.45, 7) is 0. The standard InChI is InChI=1S/C16H15F3N2O/c17-16(18,19)22-12-5-1-4-11(10-12)15(7-3-8-15)14-13(20)6-2-9-21-14/h1-2,4-6,9-10H,3,7-8,20H2. The van der Waals surface area contributed by atoms with Crippen LogP contribution in [-0.4, -0.2) is 11.3 Å². The van der Waals surface area contributed by atoms with Gasteiger partial charge in [-0.15, -0.1) is 13.2 Å². The number of rotatable bonds is 3. The van der Waals surface area contributed by atoms with E-state index in [0.717, 1.165) is 30.5 Å². The molecular formula is C16H15F3N2O. The van der Waals surface area contributed by atoms with Crippen LogP contribution in [0.5, 0.6) is 5.75 Å². The third-order valence-electron chi connectivity index (χ3n) is 4.12. The maximum atomic E-state index is 12.4. The Morgan fingerprint density at radius 1 is 1.14 bits per heavy atom. The van der Waals surface area contributed by atoms with Crippen molar-refractivity contribution in [3.05, 3.63) is 53.9 Å². The molecule has 0 unspecified atom stereocenters. The first-order valence-corrected chi connectivity index (χ1v) is 6.98. The van der Waals surface area contributed by atoms with Crippen molar-refractivity contribution >= 4 is 5.69 Å². The fourth-order valence-corrected chi connectivity index (χ4v) is 3.00. The van der Waals surface area contributed by atoms with Crippen LogP contribution in [0, 0.1) is 0 Å². The zero-order chi connectivity index (χ0) is 15.8. The number of anilines is 1. The van der Waals surface area contributed by atoms with E-state index in [9.17, 15) is 13.2 Å². The molecule has 3 nitrogen and oxygen atoms in total. The smallest absolute Gasteiger partial charge is 0.406 e. The molecule has 1 aromatic carbocycles. The molecule has 0 aliphatic heterocycles. The maximum absolute atomic E-state index is 12.4. The van der Waals surface area contributed by atoms with E-state index in [1.807, 2.05) is 0 Å². The lowest BCUT2D eigenvalue weighted by molar-refractivity contribution is -0.274. The summed E-state index contributed by atoms with van der Waals surface area (Å²) in [5, 5.41) is 0. The highest BCUT2D eigenvalue weighted by Crippen LogP contribution is 2.50. The van der Waals surface area contributed by atoms with Gasteiger partial charge in [-0.05, 0) is 42.7 Å². The van der Waals surface area contributed by atoms with Gasteiger partial charge in [0.2, 0.25) is 0 Å². The van der Waals surface area contributed by atoms with Crippen molar-refractivity contribution in [1.29, 1.82) is 0 Å². The average Bonchev–Trinajstić information content (AvgIpc) is 2.38. The number of nitrogens with zero attached hydrogens (tertiary/aromatic N) is 1. The topological polar surface area (TPSA) is 48.1 Å². The molecule has 116 valence electrons. The molecule has 1 aliphatic rings. The number of hydrogen-bond acceptors (Lipinski definition) is 3. The van der Waals surface area contributed by atoms with Crippen molar-refractivity contribution in [2.45, 2.75) is 31.0 Å². The van der Waals surface area contributed by atoms with Gasteiger partial charge in [-0.3, -0.25) is 4.98 Å². The molecule has 1 fully saturated rings. The molecule has 3 rings (SSSR count). The first kappa shape index (κ1) is 14.7. The minimum absolute atomic E-state index is 0.217. The molecule has 2 N–H and O–H groups in total. The third kappa shape index (κ3) is 2.61. The molecule has 0 atom stereocenters. The van der Waals surface area contributed by atoms with Gasteiger partial charge in [-0.1, -0.05) is 18.6 Å².